The Balaban J connectivity index is 2.11. The summed E-state index contributed by atoms with van der Waals surface area (Å²) in [6.07, 6.45) is -0.0793. The number of likely N-dealkylation sites (tertiary alicyclic amines) is 1. The maximum absolute atomic E-state index is 8.86. The fraction of sp³-hybridized carbons (Fsp3) is 0.714. The number of aliphatic hydroxyl groups is 1. The van der Waals surface area contributed by atoms with Gasteiger partial charge >= 0.3 is 0 Å². The summed E-state index contributed by atoms with van der Waals surface area (Å²) in [4.78, 5) is 2.17. The van der Waals surface area contributed by atoms with Crippen LogP contribution in [0.15, 0.2) is 12.2 Å². The Morgan fingerprint density at radius 2 is 2.33 bits per heavy atom. The van der Waals surface area contributed by atoms with Crippen molar-refractivity contribution in [2.24, 2.45) is 0 Å². The summed E-state index contributed by atoms with van der Waals surface area (Å²) < 4.78 is 0. The monoisotopic (exact) mass is 127 g/mol. The first kappa shape index (κ1) is 6.78. The molecule has 0 bridgehead atoms. The van der Waals surface area contributed by atoms with Gasteiger partial charge in [-0.15, -0.1) is 0 Å². The van der Waals surface area contributed by atoms with Crippen molar-refractivity contribution in [3.05, 3.63) is 12.2 Å². The van der Waals surface area contributed by atoms with Crippen LogP contribution in [0.2, 0.25) is 0 Å². The minimum atomic E-state index is -0.0793. The molecule has 0 aliphatic carbocycles. The van der Waals surface area contributed by atoms with Crippen molar-refractivity contribution in [1.82, 2.24) is 4.90 Å². The summed E-state index contributed by atoms with van der Waals surface area (Å²) in [5.41, 5.74) is 1.17. The van der Waals surface area contributed by atoms with Crippen molar-refractivity contribution in [1.29, 1.82) is 0 Å². The molecule has 52 valence electrons. The molecule has 2 heteroatoms. The van der Waals surface area contributed by atoms with E-state index in [1.165, 1.54) is 5.57 Å². The zero-order chi connectivity index (χ0) is 6.85. The number of hydrogen-bond acceptors (Lipinski definition) is 2. The van der Waals surface area contributed by atoms with E-state index in [2.05, 4.69) is 11.5 Å². The highest BCUT2D eigenvalue weighted by molar-refractivity contribution is 4.95. The molecule has 1 N–H and O–H groups in total. The summed E-state index contributed by atoms with van der Waals surface area (Å²) in [7, 11) is 0. The molecule has 9 heavy (non-hydrogen) atoms. The Kier molecular flexibility index (Phi) is 1.88. The van der Waals surface area contributed by atoms with Crippen molar-refractivity contribution in [2.45, 2.75) is 13.0 Å². The Morgan fingerprint density at radius 1 is 1.78 bits per heavy atom. The number of β-amino-alcohol motifs (C(OH)–C–C–N with tert-alkyl or cyclic N) is 1. The first-order valence-electron chi connectivity index (χ1n) is 3.23. The van der Waals surface area contributed by atoms with Crippen molar-refractivity contribution >= 4 is 0 Å². The van der Waals surface area contributed by atoms with E-state index in [1.807, 2.05) is 6.92 Å². The molecule has 0 unspecified atom stereocenters. The predicted molar refractivity (Wildman–Crippen MR) is 37.3 cm³/mol. The lowest BCUT2D eigenvalue weighted by Crippen LogP contribution is -2.50. The third-order valence-electron chi connectivity index (χ3n) is 1.43. The lowest BCUT2D eigenvalue weighted by molar-refractivity contribution is 0.00835. The van der Waals surface area contributed by atoms with Crippen molar-refractivity contribution < 1.29 is 5.11 Å². The maximum Gasteiger partial charge on any atom is 0.0794 e. The molecular formula is C7H13NO. The molecular weight excluding hydrogens is 114 g/mol. The molecule has 1 saturated heterocycles. The lowest BCUT2D eigenvalue weighted by Gasteiger charge is -2.35. The lowest BCUT2D eigenvalue weighted by atomic mass is 10.1. The molecule has 0 aromatic rings. The maximum atomic E-state index is 8.86. The van der Waals surface area contributed by atoms with Gasteiger partial charge < -0.3 is 5.11 Å². The molecule has 0 spiro atoms. The molecule has 1 fully saturated rings. The standard InChI is InChI=1S/C7H13NO/c1-6(2)3-8-4-7(9)5-8/h7,9H,1,3-5H2,2H3. The van der Waals surface area contributed by atoms with Gasteiger partial charge in [-0.25, -0.2) is 0 Å². The zero-order valence-corrected chi connectivity index (χ0v) is 5.80. The number of aliphatic hydroxyl groups excluding tert-OH is 1. The quantitative estimate of drug-likeness (QED) is 0.537. The summed E-state index contributed by atoms with van der Waals surface area (Å²) in [6, 6.07) is 0. The minimum absolute atomic E-state index is 0.0793. The Hall–Kier alpha value is -0.340. The van der Waals surface area contributed by atoms with Crippen LogP contribution >= 0.6 is 0 Å². The topological polar surface area (TPSA) is 23.5 Å². The van der Waals surface area contributed by atoms with E-state index in [9.17, 15) is 0 Å². The number of hydrogen-bond donors (Lipinski definition) is 1. The molecule has 1 rings (SSSR count). The molecule has 1 aliphatic heterocycles. The van der Waals surface area contributed by atoms with Crippen molar-refractivity contribution in [3.8, 4) is 0 Å². The highest BCUT2D eigenvalue weighted by atomic mass is 16.3. The van der Waals surface area contributed by atoms with E-state index in [-0.39, 0.29) is 6.10 Å². The van der Waals surface area contributed by atoms with Crippen LogP contribution in [0.3, 0.4) is 0 Å². The first-order valence-corrected chi connectivity index (χ1v) is 3.23. The molecule has 0 aromatic heterocycles. The summed E-state index contributed by atoms with van der Waals surface area (Å²) in [5.74, 6) is 0. The fourth-order valence-electron chi connectivity index (χ4n) is 1.05. The first-order chi connectivity index (χ1) is 4.18. The van der Waals surface area contributed by atoms with Gasteiger partial charge in [-0.05, 0) is 6.92 Å². The Bertz CT molecular complexity index is 116. The summed E-state index contributed by atoms with van der Waals surface area (Å²) >= 11 is 0. The van der Waals surface area contributed by atoms with E-state index < -0.39 is 0 Å². The normalized spacial score (nSPS) is 21.6. The van der Waals surface area contributed by atoms with Crippen molar-refractivity contribution in [2.75, 3.05) is 19.6 Å². The third-order valence-corrected chi connectivity index (χ3v) is 1.43. The van der Waals surface area contributed by atoms with Crippen LogP contribution < -0.4 is 0 Å². The highest BCUT2D eigenvalue weighted by Crippen LogP contribution is 2.08. The van der Waals surface area contributed by atoms with Gasteiger partial charge in [0.15, 0.2) is 0 Å². The second-order valence-electron chi connectivity index (χ2n) is 2.81. The van der Waals surface area contributed by atoms with Gasteiger partial charge in [0.25, 0.3) is 0 Å². The van der Waals surface area contributed by atoms with Gasteiger partial charge in [0.2, 0.25) is 0 Å². The molecule has 0 amide bonds. The second kappa shape index (κ2) is 2.50. The van der Waals surface area contributed by atoms with Crippen LogP contribution in [0.1, 0.15) is 6.92 Å². The van der Waals surface area contributed by atoms with Crippen LogP contribution in [0, 0.1) is 0 Å². The zero-order valence-electron chi connectivity index (χ0n) is 5.80. The number of rotatable bonds is 2. The third kappa shape index (κ3) is 1.80. The molecule has 1 aliphatic rings. The van der Waals surface area contributed by atoms with Crippen LogP contribution in [0.5, 0.6) is 0 Å². The largest absolute Gasteiger partial charge is 0.390 e. The van der Waals surface area contributed by atoms with Gasteiger partial charge in [0.1, 0.15) is 0 Å². The molecule has 0 saturated carbocycles. The second-order valence-corrected chi connectivity index (χ2v) is 2.81. The fourth-order valence-corrected chi connectivity index (χ4v) is 1.05. The van der Waals surface area contributed by atoms with Gasteiger partial charge in [-0.1, -0.05) is 12.2 Å². The predicted octanol–water partition coefficient (Wildman–Crippen LogP) is 0.239. The van der Waals surface area contributed by atoms with E-state index in [4.69, 9.17) is 5.11 Å². The smallest absolute Gasteiger partial charge is 0.0794 e. The summed E-state index contributed by atoms with van der Waals surface area (Å²) in [6.45, 7) is 8.38. The van der Waals surface area contributed by atoms with Crippen LogP contribution in [0.25, 0.3) is 0 Å². The molecule has 1 heterocycles. The van der Waals surface area contributed by atoms with Crippen molar-refractivity contribution in [3.63, 3.8) is 0 Å². The van der Waals surface area contributed by atoms with Crippen LogP contribution in [-0.4, -0.2) is 35.7 Å². The minimum Gasteiger partial charge on any atom is -0.390 e. The number of nitrogens with zero attached hydrogens (tertiary/aromatic N) is 1. The van der Waals surface area contributed by atoms with Gasteiger partial charge in [-0.2, -0.15) is 0 Å². The van der Waals surface area contributed by atoms with Gasteiger partial charge in [0, 0.05) is 19.6 Å². The summed E-state index contributed by atoms with van der Waals surface area (Å²) in [5, 5.41) is 8.86. The average molecular weight is 127 g/mol. The van der Waals surface area contributed by atoms with Gasteiger partial charge in [0.05, 0.1) is 6.10 Å². The molecule has 0 atom stereocenters. The van der Waals surface area contributed by atoms with Crippen LogP contribution in [-0.2, 0) is 0 Å². The molecule has 0 radical (unpaired) electrons. The molecule has 2 nitrogen and oxygen atoms in total. The van der Waals surface area contributed by atoms with Crippen LogP contribution in [0.4, 0.5) is 0 Å². The molecule has 0 aromatic carbocycles. The SMILES string of the molecule is C=C(C)CN1CC(O)C1. The Labute approximate surface area is 55.8 Å². The average Bonchev–Trinajstić information content (AvgIpc) is 1.60. The van der Waals surface area contributed by atoms with E-state index >= 15 is 0 Å². The highest BCUT2D eigenvalue weighted by Gasteiger charge is 2.23. The van der Waals surface area contributed by atoms with E-state index in [0.717, 1.165) is 19.6 Å². The van der Waals surface area contributed by atoms with E-state index in [0.29, 0.717) is 0 Å². The van der Waals surface area contributed by atoms with E-state index in [1.54, 1.807) is 0 Å². The Morgan fingerprint density at radius 3 is 2.67 bits per heavy atom. The van der Waals surface area contributed by atoms with Gasteiger partial charge in [-0.3, -0.25) is 4.90 Å².